The lowest BCUT2D eigenvalue weighted by molar-refractivity contribution is 0.521. The zero-order valence-electron chi connectivity index (χ0n) is 12.3. The van der Waals surface area contributed by atoms with Crippen LogP contribution in [-0.2, 0) is 16.4 Å². The molecule has 0 spiro atoms. The summed E-state index contributed by atoms with van der Waals surface area (Å²) in [5.41, 5.74) is 7.52. The highest BCUT2D eigenvalue weighted by molar-refractivity contribution is 7.89. The molecule has 2 aromatic rings. The summed E-state index contributed by atoms with van der Waals surface area (Å²) in [5.74, 6) is 0. The van der Waals surface area contributed by atoms with Crippen LogP contribution in [0.25, 0.3) is 11.3 Å². The summed E-state index contributed by atoms with van der Waals surface area (Å²) < 4.78 is 25.2. The van der Waals surface area contributed by atoms with Gasteiger partial charge in [-0.3, -0.25) is 0 Å². The summed E-state index contributed by atoms with van der Waals surface area (Å²) in [7, 11) is -0.352. The van der Waals surface area contributed by atoms with Crippen molar-refractivity contribution < 1.29 is 8.42 Å². The van der Waals surface area contributed by atoms with Gasteiger partial charge in [0, 0.05) is 37.5 Å². The molecule has 1 aromatic heterocycles. The third-order valence-corrected chi connectivity index (χ3v) is 5.68. The van der Waals surface area contributed by atoms with Gasteiger partial charge in [-0.1, -0.05) is 12.1 Å². The van der Waals surface area contributed by atoms with Crippen LogP contribution >= 0.6 is 11.3 Å². The van der Waals surface area contributed by atoms with E-state index in [0.717, 1.165) is 22.7 Å². The van der Waals surface area contributed by atoms with Crippen molar-refractivity contribution in [2.45, 2.75) is 24.3 Å². The summed E-state index contributed by atoms with van der Waals surface area (Å²) >= 11 is 1.57. The first kappa shape index (κ1) is 16.1. The van der Waals surface area contributed by atoms with Crippen molar-refractivity contribution in [2.24, 2.45) is 5.73 Å². The third kappa shape index (κ3) is 3.68. The Hall–Kier alpha value is -1.28. The van der Waals surface area contributed by atoms with Crippen LogP contribution in [-0.4, -0.2) is 37.8 Å². The number of sulfonamides is 1. The Balaban J connectivity index is 2.25. The normalized spacial score (nSPS) is 13.6. The van der Waals surface area contributed by atoms with Crippen LogP contribution in [0.1, 0.15) is 11.9 Å². The zero-order chi connectivity index (χ0) is 15.6. The second kappa shape index (κ2) is 6.23. The van der Waals surface area contributed by atoms with Gasteiger partial charge in [0.1, 0.15) is 0 Å². The fraction of sp³-hybridized carbons (Fsp3) is 0.357. The highest BCUT2D eigenvalue weighted by Crippen LogP contribution is 2.24. The molecule has 0 aliphatic rings. The van der Waals surface area contributed by atoms with Crippen molar-refractivity contribution in [3.8, 4) is 11.3 Å². The number of nitrogens with two attached hydrogens (primary N) is 1. The van der Waals surface area contributed by atoms with E-state index in [1.54, 1.807) is 35.6 Å². The molecular formula is C14H19N3O2S2. The molecule has 1 heterocycles. The summed E-state index contributed by atoms with van der Waals surface area (Å²) in [4.78, 5) is 4.81. The lowest BCUT2D eigenvalue weighted by atomic mass is 10.2. The van der Waals surface area contributed by atoms with Gasteiger partial charge >= 0.3 is 0 Å². The van der Waals surface area contributed by atoms with E-state index >= 15 is 0 Å². The summed E-state index contributed by atoms with van der Waals surface area (Å²) in [6.45, 7) is 1.95. The number of rotatable bonds is 5. The maximum Gasteiger partial charge on any atom is 0.242 e. The largest absolute Gasteiger partial charge is 0.328 e. The minimum absolute atomic E-state index is 0.0802. The van der Waals surface area contributed by atoms with Gasteiger partial charge in [-0.2, -0.15) is 0 Å². The maximum atomic E-state index is 12.0. The minimum atomic E-state index is -3.39. The molecule has 0 aliphatic carbocycles. The SMILES string of the molecule is CC(N)Cc1nc(-c2ccc(S(=O)(=O)N(C)C)cc2)cs1. The predicted octanol–water partition coefficient (Wildman–Crippen LogP) is 1.95. The van der Waals surface area contributed by atoms with Crippen LogP contribution in [0.3, 0.4) is 0 Å². The molecule has 0 fully saturated rings. The number of benzene rings is 1. The first-order valence-corrected chi connectivity index (χ1v) is 8.85. The molecule has 0 aliphatic heterocycles. The molecule has 0 bridgehead atoms. The van der Waals surface area contributed by atoms with Gasteiger partial charge in [0.25, 0.3) is 0 Å². The van der Waals surface area contributed by atoms with Gasteiger partial charge in [0.05, 0.1) is 15.6 Å². The molecular weight excluding hydrogens is 306 g/mol. The van der Waals surface area contributed by atoms with Crippen molar-refractivity contribution in [3.63, 3.8) is 0 Å². The second-order valence-corrected chi connectivity index (χ2v) is 8.21. The molecule has 1 aromatic carbocycles. The first-order valence-electron chi connectivity index (χ1n) is 6.53. The van der Waals surface area contributed by atoms with Gasteiger partial charge in [-0.25, -0.2) is 17.7 Å². The maximum absolute atomic E-state index is 12.0. The molecule has 2 N–H and O–H groups in total. The molecule has 5 nitrogen and oxygen atoms in total. The molecule has 1 unspecified atom stereocenters. The standard InChI is InChI=1S/C14H19N3O2S2/c1-10(15)8-14-16-13(9-20-14)11-4-6-12(7-5-11)21(18,19)17(2)3/h4-7,9-10H,8,15H2,1-3H3. The Morgan fingerprint density at radius 1 is 1.29 bits per heavy atom. The van der Waals surface area contributed by atoms with Crippen LogP contribution in [0, 0.1) is 0 Å². The Labute approximate surface area is 129 Å². The zero-order valence-corrected chi connectivity index (χ0v) is 13.9. The van der Waals surface area contributed by atoms with E-state index in [-0.39, 0.29) is 10.9 Å². The summed E-state index contributed by atoms with van der Waals surface area (Å²) in [5, 5.41) is 2.96. The van der Waals surface area contributed by atoms with E-state index < -0.39 is 10.0 Å². The van der Waals surface area contributed by atoms with Gasteiger partial charge in [0.15, 0.2) is 0 Å². The van der Waals surface area contributed by atoms with E-state index in [9.17, 15) is 8.42 Å². The summed E-state index contributed by atoms with van der Waals surface area (Å²) in [6, 6.07) is 6.85. The van der Waals surface area contributed by atoms with Crippen LogP contribution in [0.5, 0.6) is 0 Å². The van der Waals surface area contributed by atoms with E-state index in [0.29, 0.717) is 0 Å². The first-order chi connectivity index (χ1) is 9.80. The molecule has 0 amide bonds. The monoisotopic (exact) mass is 325 g/mol. The van der Waals surface area contributed by atoms with Crippen LogP contribution in [0.15, 0.2) is 34.5 Å². The lowest BCUT2D eigenvalue weighted by Gasteiger charge is -2.11. The van der Waals surface area contributed by atoms with Crippen LogP contribution in [0.2, 0.25) is 0 Å². The fourth-order valence-corrected chi connectivity index (χ4v) is 3.67. The molecule has 0 saturated heterocycles. The smallest absolute Gasteiger partial charge is 0.242 e. The Kier molecular flexibility index (Phi) is 4.77. The molecule has 2 rings (SSSR count). The molecule has 0 saturated carbocycles. The van der Waals surface area contributed by atoms with Crippen molar-refractivity contribution in [1.82, 2.24) is 9.29 Å². The van der Waals surface area contributed by atoms with Crippen molar-refractivity contribution in [1.29, 1.82) is 0 Å². The van der Waals surface area contributed by atoms with Crippen molar-refractivity contribution in [2.75, 3.05) is 14.1 Å². The minimum Gasteiger partial charge on any atom is -0.328 e. The Morgan fingerprint density at radius 3 is 2.43 bits per heavy atom. The van der Waals surface area contributed by atoms with Gasteiger partial charge in [-0.15, -0.1) is 11.3 Å². The van der Waals surface area contributed by atoms with E-state index in [1.165, 1.54) is 18.4 Å². The predicted molar refractivity (Wildman–Crippen MR) is 85.8 cm³/mol. The van der Waals surface area contributed by atoms with E-state index in [4.69, 9.17) is 5.73 Å². The van der Waals surface area contributed by atoms with Gasteiger partial charge in [0.2, 0.25) is 10.0 Å². The number of hydrogen-bond acceptors (Lipinski definition) is 5. The third-order valence-electron chi connectivity index (χ3n) is 2.98. The van der Waals surface area contributed by atoms with Gasteiger partial charge in [-0.05, 0) is 19.1 Å². The average molecular weight is 325 g/mol. The number of thiazole rings is 1. The molecule has 1 atom stereocenters. The van der Waals surface area contributed by atoms with Crippen molar-refractivity contribution >= 4 is 21.4 Å². The Morgan fingerprint density at radius 2 is 1.90 bits per heavy atom. The molecule has 0 radical (unpaired) electrons. The highest BCUT2D eigenvalue weighted by Gasteiger charge is 2.17. The lowest BCUT2D eigenvalue weighted by Crippen LogP contribution is -2.22. The number of hydrogen-bond donors (Lipinski definition) is 1. The topological polar surface area (TPSA) is 76.3 Å². The number of aromatic nitrogens is 1. The van der Waals surface area contributed by atoms with E-state index in [1.807, 2.05) is 12.3 Å². The Bertz CT molecular complexity index is 704. The molecule has 7 heteroatoms. The van der Waals surface area contributed by atoms with Crippen LogP contribution in [0.4, 0.5) is 0 Å². The highest BCUT2D eigenvalue weighted by atomic mass is 32.2. The number of nitrogens with zero attached hydrogens (tertiary/aromatic N) is 2. The molecule has 114 valence electrons. The van der Waals surface area contributed by atoms with E-state index in [2.05, 4.69) is 4.98 Å². The van der Waals surface area contributed by atoms with Gasteiger partial charge < -0.3 is 5.73 Å². The summed E-state index contributed by atoms with van der Waals surface area (Å²) in [6.07, 6.45) is 0.748. The molecule has 21 heavy (non-hydrogen) atoms. The fourth-order valence-electron chi connectivity index (χ4n) is 1.82. The quantitative estimate of drug-likeness (QED) is 0.911. The van der Waals surface area contributed by atoms with Crippen LogP contribution < -0.4 is 5.73 Å². The van der Waals surface area contributed by atoms with Crippen molar-refractivity contribution in [3.05, 3.63) is 34.7 Å². The second-order valence-electron chi connectivity index (χ2n) is 5.12. The average Bonchev–Trinajstić information content (AvgIpc) is 2.86.